The summed E-state index contributed by atoms with van der Waals surface area (Å²) in [6.45, 7) is 0.551. The molecule has 0 radical (unpaired) electrons. The van der Waals surface area contributed by atoms with Crippen molar-refractivity contribution in [1.82, 2.24) is 4.72 Å². The van der Waals surface area contributed by atoms with Gasteiger partial charge in [-0.2, -0.15) is 11.8 Å². The molecular formula is C12H16BrNO2S2. The van der Waals surface area contributed by atoms with Crippen LogP contribution >= 0.6 is 27.7 Å². The lowest BCUT2D eigenvalue weighted by molar-refractivity contribution is 0.476. The van der Waals surface area contributed by atoms with Crippen LogP contribution in [0, 0.1) is 5.92 Å². The maximum Gasteiger partial charge on any atom is 0.240 e. The summed E-state index contributed by atoms with van der Waals surface area (Å²) in [5.74, 6) is 2.76. The van der Waals surface area contributed by atoms with Gasteiger partial charge < -0.3 is 0 Å². The van der Waals surface area contributed by atoms with Crippen LogP contribution in [0.1, 0.15) is 12.8 Å². The van der Waals surface area contributed by atoms with Crippen molar-refractivity contribution in [2.24, 2.45) is 5.92 Å². The second-order valence-corrected chi connectivity index (χ2v) is 8.27. The standard InChI is InChI=1S/C12H16BrNO2S2/c13-11-2-1-3-12(8-11)18(15,16)14-9-10-4-6-17-7-5-10/h1-3,8,10,14H,4-7,9H2. The quantitative estimate of drug-likeness (QED) is 0.908. The Bertz CT molecular complexity index is 499. The molecule has 0 atom stereocenters. The number of hydrogen-bond donors (Lipinski definition) is 1. The zero-order chi connectivity index (χ0) is 13.0. The molecule has 0 saturated carbocycles. The second-order valence-electron chi connectivity index (χ2n) is 4.37. The minimum atomic E-state index is -3.37. The molecule has 1 aliphatic heterocycles. The predicted octanol–water partition coefficient (Wildman–Crippen LogP) is 2.87. The van der Waals surface area contributed by atoms with Crippen molar-refractivity contribution in [3.05, 3.63) is 28.7 Å². The molecule has 1 aromatic carbocycles. The highest BCUT2D eigenvalue weighted by molar-refractivity contribution is 9.10. The Morgan fingerprint density at radius 3 is 2.72 bits per heavy atom. The van der Waals surface area contributed by atoms with Gasteiger partial charge in [0.1, 0.15) is 0 Å². The van der Waals surface area contributed by atoms with Crippen LogP contribution in [0.3, 0.4) is 0 Å². The van der Waals surface area contributed by atoms with Gasteiger partial charge in [0.05, 0.1) is 4.90 Å². The first-order valence-electron chi connectivity index (χ1n) is 5.91. The van der Waals surface area contributed by atoms with Crippen molar-refractivity contribution in [1.29, 1.82) is 0 Å². The van der Waals surface area contributed by atoms with E-state index in [0.717, 1.165) is 28.8 Å². The van der Waals surface area contributed by atoms with Crippen LogP contribution in [0.25, 0.3) is 0 Å². The lowest BCUT2D eigenvalue weighted by Gasteiger charge is -2.21. The molecule has 0 bridgehead atoms. The van der Waals surface area contributed by atoms with E-state index in [1.807, 2.05) is 17.8 Å². The Kier molecular flexibility index (Phi) is 5.12. The highest BCUT2D eigenvalue weighted by atomic mass is 79.9. The molecule has 2 rings (SSSR count). The number of halogens is 1. The molecule has 18 heavy (non-hydrogen) atoms. The van der Waals surface area contributed by atoms with E-state index in [-0.39, 0.29) is 0 Å². The average molecular weight is 350 g/mol. The fraction of sp³-hybridized carbons (Fsp3) is 0.500. The molecule has 0 amide bonds. The van der Waals surface area contributed by atoms with Gasteiger partial charge in [-0.25, -0.2) is 13.1 Å². The first-order chi connectivity index (χ1) is 8.58. The van der Waals surface area contributed by atoms with Gasteiger partial charge in [0.25, 0.3) is 0 Å². The van der Waals surface area contributed by atoms with E-state index in [4.69, 9.17) is 0 Å². The van der Waals surface area contributed by atoms with E-state index in [2.05, 4.69) is 20.7 Å². The molecule has 0 unspecified atom stereocenters. The van der Waals surface area contributed by atoms with E-state index in [9.17, 15) is 8.42 Å². The normalized spacial score (nSPS) is 17.8. The molecular weight excluding hydrogens is 334 g/mol. The van der Waals surface area contributed by atoms with Crippen LogP contribution in [-0.2, 0) is 10.0 Å². The third-order valence-corrected chi connectivity index (χ3v) is 5.97. The Balaban J connectivity index is 1.98. The van der Waals surface area contributed by atoms with Crippen LogP contribution in [0.4, 0.5) is 0 Å². The number of benzene rings is 1. The summed E-state index contributed by atoms with van der Waals surface area (Å²) in [5, 5.41) is 0. The van der Waals surface area contributed by atoms with Gasteiger partial charge in [0.2, 0.25) is 10.0 Å². The first-order valence-corrected chi connectivity index (χ1v) is 9.34. The van der Waals surface area contributed by atoms with Crippen molar-refractivity contribution in [3.63, 3.8) is 0 Å². The largest absolute Gasteiger partial charge is 0.240 e. The highest BCUT2D eigenvalue weighted by Crippen LogP contribution is 2.22. The molecule has 1 N–H and O–H groups in total. The summed E-state index contributed by atoms with van der Waals surface area (Å²) >= 11 is 5.23. The number of nitrogens with one attached hydrogen (secondary N) is 1. The molecule has 0 spiro atoms. The number of hydrogen-bond acceptors (Lipinski definition) is 3. The third-order valence-electron chi connectivity index (χ3n) is 3.01. The average Bonchev–Trinajstić information content (AvgIpc) is 2.38. The van der Waals surface area contributed by atoms with Crippen LogP contribution < -0.4 is 4.72 Å². The first kappa shape index (κ1) is 14.4. The van der Waals surface area contributed by atoms with Gasteiger partial charge in [-0.05, 0) is 48.5 Å². The van der Waals surface area contributed by atoms with Gasteiger partial charge in [-0.15, -0.1) is 0 Å². The molecule has 1 aromatic rings. The monoisotopic (exact) mass is 349 g/mol. The molecule has 3 nitrogen and oxygen atoms in total. The van der Waals surface area contributed by atoms with E-state index >= 15 is 0 Å². The highest BCUT2D eigenvalue weighted by Gasteiger charge is 2.18. The minimum Gasteiger partial charge on any atom is -0.211 e. The maximum absolute atomic E-state index is 12.1. The van der Waals surface area contributed by atoms with Crippen molar-refractivity contribution in [2.75, 3.05) is 18.1 Å². The summed E-state index contributed by atoms with van der Waals surface area (Å²) in [5.41, 5.74) is 0. The van der Waals surface area contributed by atoms with Crippen molar-refractivity contribution in [3.8, 4) is 0 Å². The summed E-state index contributed by atoms with van der Waals surface area (Å²) in [6, 6.07) is 6.79. The van der Waals surface area contributed by atoms with Crippen molar-refractivity contribution in [2.45, 2.75) is 17.7 Å². The lowest BCUT2D eigenvalue weighted by Crippen LogP contribution is -2.31. The van der Waals surface area contributed by atoms with Gasteiger partial charge in [0.15, 0.2) is 0 Å². The Labute approximate surface area is 121 Å². The van der Waals surface area contributed by atoms with Crippen LogP contribution in [0.5, 0.6) is 0 Å². The molecule has 1 aliphatic rings. The zero-order valence-electron chi connectivity index (χ0n) is 9.93. The van der Waals surface area contributed by atoms with E-state index < -0.39 is 10.0 Å². The number of sulfonamides is 1. The Morgan fingerprint density at radius 1 is 1.33 bits per heavy atom. The van der Waals surface area contributed by atoms with E-state index in [1.54, 1.807) is 18.2 Å². The van der Waals surface area contributed by atoms with Gasteiger partial charge in [-0.3, -0.25) is 0 Å². The Hall–Kier alpha value is -0.0400. The maximum atomic E-state index is 12.1. The third kappa shape index (κ3) is 3.98. The van der Waals surface area contributed by atoms with Gasteiger partial charge in [0, 0.05) is 11.0 Å². The molecule has 1 fully saturated rings. The number of rotatable bonds is 4. The molecule has 100 valence electrons. The minimum absolute atomic E-state index is 0.321. The summed E-state index contributed by atoms with van der Waals surface area (Å²) in [4.78, 5) is 0.321. The summed E-state index contributed by atoms with van der Waals surface area (Å²) in [6.07, 6.45) is 2.21. The fourth-order valence-corrected chi connectivity index (χ4v) is 4.81. The molecule has 6 heteroatoms. The molecule has 0 aromatic heterocycles. The van der Waals surface area contributed by atoms with E-state index in [1.165, 1.54) is 0 Å². The van der Waals surface area contributed by atoms with Gasteiger partial charge >= 0.3 is 0 Å². The SMILES string of the molecule is O=S(=O)(NCC1CCSCC1)c1cccc(Br)c1. The molecule has 1 heterocycles. The summed E-state index contributed by atoms with van der Waals surface area (Å²) in [7, 11) is -3.37. The zero-order valence-corrected chi connectivity index (χ0v) is 13.2. The number of thioether (sulfide) groups is 1. The smallest absolute Gasteiger partial charge is 0.211 e. The predicted molar refractivity (Wildman–Crippen MR) is 79.4 cm³/mol. The van der Waals surface area contributed by atoms with Crippen LogP contribution in [0.2, 0.25) is 0 Å². The molecule has 0 aliphatic carbocycles. The second kappa shape index (κ2) is 6.41. The van der Waals surface area contributed by atoms with Crippen LogP contribution in [-0.4, -0.2) is 26.5 Å². The lowest BCUT2D eigenvalue weighted by atomic mass is 10.0. The van der Waals surface area contributed by atoms with Crippen LogP contribution in [0.15, 0.2) is 33.6 Å². The van der Waals surface area contributed by atoms with Crippen molar-refractivity contribution < 1.29 is 8.42 Å². The van der Waals surface area contributed by atoms with Crippen molar-refractivity contribution >= 4 is 37.7 Å². The molecule has 1 saturated heterocycles. The van der Waals surface area contributed by atoms with E-state index in [0.29, 0.717) is 17.4 Å². The van der Waals surface area contributed by atoms with Gasteiger partial charge in [-0.1, -0.05) is 22.0 Å². The Morgan fingerprint density at radius 2 is 2.06 bits per heavy atom. The fourth-order valence-electron chi connectivity index (χ4n) is 1.90. The topological polar surface area (TPSA) is 46.2 Å². The summed E-state index contributed by atoms with van der Waals surface area (Å²) < 4.78 is 27.7.